The van der Waals surface area contributed by atoms with Crippen LogP contribution < -0.4 is 10.6 Å². The zero-order valence-electron chi connectivity index (χ0n) is 19.0. The molecule has 0 spiro atoms. The summed E-state index contributed by atoms with van der Waals surface area (Å²) < 4.78 is 30.8. The van der Waals surface area contributed by atoms with Gasteiger partial charge in [0.25, 0.3) is 0 Å². The average molecular weight is 475 g/mol. The van der Waals surface area contributed by atoms with E-state index in [1.54, 1.807) is 0 Å². The maximum Gasteiger partial charge on any atom is 0.407 e. The molecule has 1 aliphatic rings. The molecule has 3 rings (SSSR count). The number of amides is 2. The summed E-state index contributed by atoms with van der Waals surface area (Å²) in [5.41, 5.74) is 4.21. The van der Waals surface area contributed by atoms with Crippen LogP contribution in [0.3, 0.4) is 0 Å². The van der Waals surface area contributed by atoms with Gasteiger partial charge in [-0.25, -0.2) is 18.4 Å². The third-order valence-electron chi connectivity index (χ3n) is 5.69. The topological polar surface area (TPSA) is 105 Å². The average Bonchev–Trinajstić information content (AvgIpc) is 3.10. The van der Waals surface area contributed by atoms with Crippen LogP contribution in [0, 0.1) is 5.92 Å². The number of nitrogens with one attached hydrogen (secondary N) is 2. The van der Waals surface area contributed by atoms with Crippen LogP contribution >= 0.6 is 0 Å². The molecule has 0 aliphatic heterocycles. The Morgan fingerprint density at radius 1 is 0.912 bits per heavy atom. The highest BCUT2D eigenvalue weighted by atomic mass is 19.3. The molecule has 7 nitrogen and oxygen atoms in total. The van der Waals surface area contributed by atoms with Crippen LogP contribution in [-0.2, 0) is 14.3 Å². The number of carboxylic acid groups (broad SMARTS) is 1. The van der Waals surface area contributed by atoms with E-state index in [0.717, 1.165) is 22.3 Å². The Kier molecular flexibility index (Phi) is 8.20. The number of hydrogen-bond donors (Lipinski definition) is 3. The molecule has 0 fully saturated rings. The summed E-state index contributed by atoms with van der Waals surface area (Å²) in [6.45, 7) is 3.67. The largest absolute Gasteiger partial charge is 0.480 e. The van der Waals surface area contributed by atoms with Crippen molar-refractivity contribution in [3.8, 4) is 11.1 Å². The molecule has 2 aromatic rings. The Labute approximate surface area is 196 Å². The van der Waals surface area contributed by atoms with Crippen molar-refractivity contribution in [2.45, 2.75) is 51.1 Å². The Hall–Kier alpha value is -3.49. The lowest BCUT2D eigenvalue weighted by molar-refractivity contribution is -0.143. The first-order chi connectivity index (χ1) is 16.2. The number of ether oxygens (including phenoxy) is 1. The van der Waals surface area contributed by atoms with E-state index in [-0.39, 0.29) is 24.9 Å². The van der Waals surface area contributed by atoms with Crippen molar-refractivity contribution in [3.05, 3.63) is 59.7 Å². The van der Waals surface area contributed by atoms with E-state index in [0.29, 0.717) is 0 Å². The number of fused-ring (bicyclic) bond motifs is 3. The summed E-state index contributed by atoms with van der Waals surface area (Å²) >= 11 is 0. The van der Waals surface area contributed by atoms with Gasteiger partial charge in [0.2, 0.25) is 12.3 Å². The lowest BCUT2D eigenvalue weighted by atomic mass is 9.98. The van der Waals surface area contributed by atoms with Gasteiger partial charge in [-0.05, 0) is 34.6 Å². The summed E-state index contributed by atoms with van der Waals surface area (Å²) in [5, 5.41) is 13.7. The van der Waals surface area contributed by atoms with Crippen LogP contribution in [-0.4, -0.2) is 48.2 Å². The highest BCUT2D eigenvalue weighted by molar-refractivity contribution is 5.89. The summed E-state index contributed by atoms with van der Waals surface area (Å²) in [5.74, 6) is -2.63. The fourth-order valence-corrected chi connectivity index (χ4v) is 4.16. The molecule has 0 bridgehead atoms. The van der Waals surface area contributed by atoms with Crippen molar-refractivity contribution in [2.24, 2.45) is 5.92 Å². The first kappa shape index (κ1) is 25.1. The lowest BCUT2D eigenvalue weighted by Gasteiger charge is -2.23. The minimum Gasteiger partial charge on any atom is -0.480 e. The van der Waals surface area contributed by atoms with Gasteiger partial charge in [-0.1, -0.05) is 62.4 Å². The second-order valence-electron chi connectivity index (χ2n) is 8.68. The molecule has 34 heavy (non-hydrogen) atoms. The van der Waals surface area contributed by atoms with Crippen molar-refractivity contribution in [1.82, 2.24) is 10.6 Å². The number of halogens is 2. The predicted octanol–water partition coefficient (Wildman–Crippen LogP) is 4.16. The van der Waals surface area contributed by atoms with Crippen molar-refractivity contribution in [2.75, 3.05) is 6.61 Å². The lowest BCUT2D eigenvalue weighted by Crippen LogP contribution is -2.52. The van der Waals surface area contributed by atoms with Crippen LogP contribution in [0.5, 0.6) is 0 Å². The number of alkyl halides is 2. The van der Waals surface area contributed by atoms with Crippen molar-refractivity contribution in [1.29, 1.82) is 0 Å². The van der Waals surface area contributed by atoms with Gasteiger partial charge in [0.1, 0.15) is 18.7 Å². The Bertz CT molecular complexity index is 998. The van der Waals surface area contributed by atoms with Gasteiger partial charge in [-0.2, -0.15) is 0 Å². The highest BCUT2D eigenvalue weighted by Crippen LogP contribution is 2.44. The summed E-state index contributed by atoms with van der Waals surface area (Å²) in [7, 11) is 0. The van der Waals surface area contributed by atoms with Crippen LogP contribution in [0.25, 0.3) is 11.1 Å². The first-order valence-electron chi connectivity index (χ1n) is 11.1. The molecule has 0 aromatic heterocycles. The minimum absolute atomic E-state index is 0.0389. The number of aliphatic carboxylic acids is 1. The normalized spacial score (nSPS) is 14.3. The van der Waals surface area contributed by atoms with E-state index < -0.39 is 42.9 Å². The van der Waals surface area contributed by atoms with Crippen molar-refractivity contribution < 1.29 is 33.0 Å². The summed E-state index contributed by atoms with van der Waals surface area (Å²) in [4.78, 5) is 36.4. The third kappa shape index (κ3) is 6.09. The molecule has 0 saturated carbocycles. The highest BCUT2D eigenvalue weighted by Gasteiger charge is 2.31. The van der Waals surface area contributed by atoms with E-state index in [1.807, 2.05) is 62.4 Å². The zero-order valence-corrected chi connectivity index (χ0v) is 19.0. The maximum atomic E-state index is 12.7. The smallest absolute Gasteiger partial charge is 0.407 e. The SMILES string of the molecule is CC(C)CC(NC(=O)OCC1c2ccccc2-c2ccccc21)C(=O)NC(CC(F)F)C(=O)O. The van der Waals surface area contributed by atoms with Crippen LogP contribution in [0.4, 0.5) is 13.6 Å². The molecule has 0 radical (unpaired) electrons. The van der Waals surface area contributed by atoms with E-state index in [1.165, 1.54) is 0 Å². The second-order valence-corrected chi connectivity index (χ2v) is 8.68. The Morgan fingerprint density at radius 2 is 1.47 bits per heavy atom. The standard InChI is InChI=1S/C25H28F2N2O5/c1-14(2)11-20(23(30)28-21(24(31)32)12-22(26)27)29-25(33)34-13-19-17-9-5-3-7-15(17)16-8-4-6-10-18(16)19/h3-10,14,19-22H,11-13H2,1-2H3,(H,28,30)(H,29,33)(H,31,32). The molecule has 3 N–H and O–H groups in total. The summed E-state index contributed by atoms with van der Waals surface area (Å²) in [6.07, 6.45) is -4.60. The van der Waals surface area contributed by atoms with E-state index in [4.69, 9.17) is 9.84 Å². The molecule has 2 unspecified atom stereocenters. The van der Waals surface area contributed by atoms with E-state index in [2.05, 4.69) is 10.6 Å². The molecule has 1 aliphatic carbocycles. The number of alkyl carbamates (subject to hydrolysis) is 1. The minimum atomic E-state index is -2.90. The molecule has 0 heterocycles. The number of benzene rings is 2. The van der Waals surface area contributed by atoms with E-state index >= 15 is 0 Å². The molecule has 0 saturated heterocycles. The van der Waals surface area contributed by atoms with Gasteiger partial charge >= 0.3 is 12.1 Å². The Balaban J connectivity index is 1.66. The zero-order chi connectivity index (χ0) is 24.8. The fourth-order valence-electron chi connectivity index (χ4n) is 4.16. The fraction of sp³-hybridized carbons (Fsp3) is 0.400. The molecule has 182 valence electrons. The van der Waals surface area contributed by atoms with Gasteiger partial charge in [0.05, 0.1) is 0 Å². The maximum absolute atomic E-state index is 12.7. The van der Waals surface area contributed by atoms with Crippen molar-refractivity contribution in [3.63, 3.8) is 0 Å². The second kappa shape index (κ2) is 11.1. The van der Waals surface area contributed by atoms with Crippen molar-refractivity contribution >= 4 is 18.0 Å². The quantitative estimate of drug-likeness (QED) is 0.480. The number of rotatable bonds is 10. The van der Waals surface area contributed by atoms with E-state index in [9.17, 15) is 23.2 Å². The van der Waals surface area contributed by atoms with Crippen LogP contribution in [0.15, 0.2) is 48.5 Å². The molecule has 2 atom stereocenters. The van der Waals surface area contributed by atoms with Gasteiger partial charge in [-0.3, -0.25) is 4.79 Å². The molecular weight excluding hydrogens is 446 g/mol. The molecule has 2 amide bonds. The number of carboxylic acids is 1. The van der Waals surface area contributed by atoms with Gasteiger partial charge in [-0.15, -0.1) is 0 Å². The molecular formula is C25H28F2N2O5. The number of hydrogen-bond acceptors (Lipinski definition) is 4. The number of carbonyl (C=O) groups excluding carboxylic acids is 2. The Morgan fingerprint density at radius 3 is 1.97 bits per heavy atom. The monoisotopic (exact) mass is 474 g/mol. The first-order valence-corrected chi connectivity index (χ1v) is 11.1. The molecule has 2 aromatic carbocycles. The van der Waals surface area contributed by atoms with Gasteiger partial charge < -0.3 is 20.5 Å². The summed E-state index contributed by atoms with van der Waals surface area (Å²) in [6, 6.07) is 12.8. The van der Waals surface area contributed by atoms with Gasteiger partial charge in [0, 0.05) is 12.3 Å². The third-order valence-corrected chi connectivity index (χ3v) is 5.69. The predicted molar refractivity (Wildman–Crippen MR) is 122 cm³/mol. The van der Waals surface area contributed by atoms with Gasteiger partial charge in [0.15, 0.2) is 0 Å². The number of carbonyl (C=O) groups is 3. The molecule has 9 heteroatoms. The van der Waals surface area contributed by atoms with Crippen LogP contribution in [0.2, 0.25) is 0 Å². The van der Waals surface area contributed by atoms with Crippen LogP contribution in [0.1, 0.15) is 43.7 Å².